The van der Waals surface area contributed by atoms with E-state index in [4.69, 9.17) is 9.47 Å². The van der Waals surface area contributed by atoms with E-state index in [1.807, 2.05) is 4.68 Å². The van der Waals surface area contributed by atoms with Crippen LogP contribution in [0.3, 0.4) is 0 Å². The third-order valence-electron chi connectivity index (χ3n) is 5.24. The number of rotatable bonds is 5. The highest BCUT2D eigenvalue weighted by Gasteiger charge is 2.37. The Hall–Kier alpha value is -2.94. The smallest absolute Gasteiger partial charge is 0.251 e. The summed E-state index contributed by atoms with van der Waals surface area (Å²) in [5, 5.41) is 10.9. The molecule has 1 N–H and O–H groups in total. The van der Waals surface area contributed by atoms with Gasteiger partial charge in [0.05, 0.1) is 37.8 Å². The number of nitrogens with zero attached hydrogens (tertiary/aromatic N) is 4. The third kappa shape index (κ3) is 3.70. The summed E-state index contributed by atoms with van der Waals surface area (Å²) in [6.45, 7) is 1.93. The fourth-order valence-electron chi connectivity index (χ4n) is 3.72. The van der Waals surface area contributed by atoms with Crippen LogP contribution in [0.4, 0.5) is 0 Å². The highest BCUT2D eigenvalue weighted by atomic mass is 16.5. The van der Waals surface area contributed by atoms with E-state index in [2.05, 4.69) is 15.6 Å². The van der Waals surface area contributed by atoms with Gasteiger partial charge in [-0.2, -0.15) is 0 Å². The zero-order valence-corrected chi connectivity index (χ0v) is 15.7. The van der Waals surface area contributed by atoms with Crippen molar-refractivity contribution in [2.75, 3.05) is 26.7 Å². The SMILES string of the molecule is COc1cccc(C(=O)NCCC(=O)N2CC[C@H]3[C@H](C2)OCc2cnnn23)c1. The Bertz CT molecular complexity index is 868. The molecule has 9 nitrogen and oxygen atoms in total. The molecule has 148 valence electrons. The summed E-state index contributed by atoms with van der Waals surface area (Å²) >= 11 is 0. The molecule has 2 atom stereocenters. The minimum absolute atomic E-state index is 0.0115. The van der Waals surface area contributed by atoms with Gasteiger partial charge in [-0.05, 0) is 24.6 Å². The molecule has 3 heterocycles. The first kappa shape index (κ1) is 18.4. The quantitative estimate of drug-likeness (QED) is 0.817. The summed E-state index contributed by atoms with van der Waals surface area (Å²) in [5.74, 6) is 0.409. The van der Waals surface area contributed by atoms with Crippen LogP contribution in [0.15, 0.2) is 30.5 Å². The number of benzene rings is 1. The number of hydrogen-bond acceptors (Lipinski definition) is 6. The number of likely N-dealkylation sites (tertiary alicyclic amines) is 1. The van der Waals surface area contributed by atoms with Crippen molar-refractivity contribution in [1.82, 2.24) is 25.2 Å². The van der Waals surface area contributed by atoms with Gasteiger partial charge >= 0.3 is 0 Å². The van der Waals surface area contributed by atoms with Crippen molar-refractivity contribution in [2.24, 2.45) is 0 Å². The van der Waals surface area contributed by atoms with Gasteiger partial charge in [0.2, 0.25) is 5.91 Å². The maximum absolute atomic E-state index is 12.6. The summed E-state index contributed by atoms with van der Waals surface area (Å²) < 4.78 is 12.9. The van der Waals surface area contributed by atoms with Crippen molar-refractivity contribution < 1.29 is 19.1 Å². The Morgan fingerprint density at radius 1 is 1.39 bits per heavy atom. The molecular formula is C19H23N5O4. The summed E-state index contributed by atoms with van der Waals surface area (Å²) in [6, 6.07) is 7.04. The minimum atomic E-state index is -0.222. The maximum Gasteiger partial charge on any atom is 0.251 e. The largest absolute Gasteiger partial charge is 0.497 e. The first-order valence-corrected chi connectivity index (χ1v) is 9.36. The fraction of sp³-hybridized carbons (Fsp3) is 0.474. The molecule has 0 spiro atoms. The molecule has 0 unspecified atom stereocenters. The van der Waals surface area contributed by atoms with E-state index in [0.717, 1.165) is 12.1 Å². The molecule has 0 saturated carbocycles. The van der Waals surface area contributed by atoms with Crippen molar-refractivity contribution in [3.05, 3.63) is 41.7 Å². The van der Waals surface area contributed by atoms with Crippen molar-refractivity contribution in [3.63, 3.8) is 0 Å². The first-order valence-electron chi connectivity index (χ1n) is 9.36. The number of piperidine rings is 1. The van der Waals surface area contributed by atoms with Crippen LogP contribution in [0.2, 0.25) is 0 Å². The van der Waals surface area contributed by atoms with Crippen LogP contribution in [0.1, 0.15) is 34.9 Å². The normalized spacial score (nSPS) is 20.8. The molecule has 1 saturated heterocycles. The Kier molecular flexibility index (Phi) is 5.25. The van der Waals surface area contributed by atoms with Crippen molar-refractivity contribution in [2.45, 2.75) is 31.6 Å². The number of hydrogen-bond donors (Lipinski definition) is 1. The van der Waals surface area contributed by atoms with Gasteiger partial charge < -0.3 is 19.7 Å². The zero-order chi connectivity index (χ0) is 19.5. The van der Waals surface area contributed by atoms with Crippen LogP contribution < -0.4 is 10.1 Å². The second-order valence-corrected chi connectivity index (χ2v) is 6.95. The number of amides is 2. The second-order valence-electron chi connectivity index (χ2n) is 6.95. The lowest BCUT2D eigenvalue weighted by Crippen LogP contribution is -2.50. The minimum Gasteiger partial charge on any atom is -0.497 e. The van der Waals surface area contributed by atoms with Crippen LogP contribution in [0, 0.1) is 0 Å². The predicted octanol–water partition coefficient (Wildman–Crippen LogP) is 0.779. The lowest BCUT2D eigenvalue weighted by atomic mass is 10.00. The van der Waals surface area contributed by atoms with Gasteiger partial charge in [0.25, 0.3) is 5.91 Å². The standard InChI is InChI=1S/C19H23N5O4/c1-27-15-4-2-3-13(9-15)19(26)20-7-5-18(25)23-8-6-16-17(11-23)28-12-14-10-21-22-24(14)16/h2-4,9-10,16-17H,5-8,11-12H2,1H3,(H,20,26)/t16-,17-/m0/s1. The van der Waals surface area contributed by atoms with Gasteiger partial charge in [0.15, 0.2) is 0 Å². The molecule has 9 heteroatoms. The van der Waals surface area contributed by atoms with Crippen LogP contribution in [-0.2, 0) is 16.1 Å². The second kappa shape index (κ2) is 7.97. The molecule has 0 radical (unpaired) electrons. The van der Waals surface area contributed by atoms with Gasteiger partial charge in [0, 0.05) is 31.6 Å². The van der Waals surface area contributed by atoms with Gasteiger partial charge in [-0.15, -0.1) is 5.10 Å². The molecule has 1 aromatic heterocycles. The van der Waals surface area contributed by atoms with Gasteiger partial charge in [-0.1, -0.05) is 11.3 Å². The lowest BCUT2D eigenvalue weighted by Gasteiger charge is -2.41. The van der Waals surface area contributed by atoms with Crippen molar-refractivity contribution in [3.8, 4) is 5.75 Å². The number of nitrogens with one attached hydrogen (secondary N) is 1. The molecule has 2 aliphatic rings. The first-order chi connectivity index (χ1) is 13.7. The van der Waals surface area contributed by atoms with Gasteiger partial charge in [-0.25, -0.2) is 4.68 Å². The van der Waals surface area contributed by atoms with E-state index >= 15 is 0 Å². The summed E-state index contributed by atoms with van der Waals surface area (Å²) in [4.78, 5) is 26.6. The Morgan fingerprint density at radius 2 is 2.29 bits per heavy atom. The van der Waals surface area contributed by atoms with Crippen LogP contribution in [0.5, 0.6) is 5.75 Å². The van der Waals surface area contributed by atoms with E-state index in [1.165, 1.54) is 0 Å². The molecule has 2 aliphatic heterocycles. The summed E-state index contributed by atoms with van der Waals surface area (Å²) in [5.41, 5.74) is 1.48. The summed E-state index contributed by atoms with van der Waals surface area (Å²) in [7, 11) is 1.55. The molecule has 0 bridgehead atoms. The fourth-order valence-corrected chi connectivity index (χ4v) is 3.72. The third-order valence-corrected chi connectivity index (χ3v) is 5.24. The molecule has 1 fully saturated rings. The van der Waals surface area contributed by atoms with E-state index in [0.29, 0.717) is 31.0 Å². The van der Waals surface area contributed by atoms with Crippen molar-refractivity contribution in [1.29, 1.82) is 0 Å². The van der Waals surface area contributed by atoms with Gasteiger partial charge in [-0.3, -0.25) is 9.59 Å². The van der Waals surface area contributed by atoms with E-state index in [9.17, 15) is 9.59 Å². The number of carbonyl (C=O) groups is 2. The number of aromatic nitrogens is 3. The van der Waals surface area contributed by atoms with Crippen LogP contribution >= 0.6 is 0 Å². The molecular weight excluding hydrogens is 362 g/mol. The highest BCUT2D eigenvalue weighted by Crippen LogP contribution is 2.30. The molecule has 0 aliphatic carbocycles. The Labute approximate surface area is 162 Å². The molecule has 1 aromatic carbocycles. The highest BCUT2D eigenvalue weighted by molar-refractivity contribution is 5.94. The number of fused-ring (bicyclic) bond motifs is 3. The molecule has 2 aromatic rings. The number of ether oxygens (including phenoxy) is 2. The molecule has 28 heavy (non-hydrogen) atoms. The lowest BCUT2D eigenvalue weighted by molar-refractivity contribution is -0.139. The summed E-state index contributed by atoms with van der Waals surface area (Å²) in [6.07, 6.45) is 2.68. The predicted molar refractivity (Wildman–Crippen MR) is 98.8 cm³/mol. The molecule has 2 amide bonds. The van der Waals surface area contributed by atoms with E-state index in [1.54, 1.807) is 42.5 Å². The monoisotopic (exact) mass is 385 g/mol. The van der Waals surface area contributed by atoms with E-state index < -0.39 is 0 Å². The Morgan fingerprint density at radius 3 is 3.14 bits per heavy atom. The maximum atomic E-state index is 12.6. The average molecular weight is 385 g/mol. The van der Waals surface area contributed by atoms with E-state index in [-0.39, 0.29) is 36.9 Å². The number of methoxy groups -OCH3 is 1. The van der Waals surface area contributed by atoms with Crippen molar-refractivity contribution >= 4 is 11.8 Å². The molecule has 4 rings (SSSR count). The average Bonchev–Trinajstić information content (AvgIpc) is 3.22. The zero-order valence-electron chi connectivity index (χ0n) is 15.7. The number of carbonyl (C=O) groups excluding carboxylic acids is 2. The topological polar surface area (TPSA) is 98.6 Å². The Balaban J connectivity index is 1.26. The van der Waals surface area contributed by atoms with Crippen LogP contribution in [-0.4, -0.2) is 64.6 Å². The van der Waals surface area contributed by atoms with Crippen LogP contribution in [0.25, 0.3) is 0 Å². The van der Waals surface area contributed by atoms with Gasteiger partial charge in [0.1, 0.15) is 5.75 Å².